The van der Waals surface area contributed by atoms with Gasteiger partial charge in [-0.1, -0.05) is 44.2 Å². The minimum absolute atomic E-state index is 0. The Morgan fingerprint density at radius 3 is 2.50 bits per heavy atom. The van der Waals surface area contributed by atoms with Crippen molar-refractivity contribution in [1.29, 1.82) is 0 Å². The number of benzene rings is 1. The molecule has 2 fully saturated rings. The molecule has 2 unspecified atom stereocenters. The van der Waals surface area contributed by atoms with E-state index in [1.165, 1.54) is 58.2 Å². The molecule has 24 heavy (non-hydrogen) atoms. The molecule has 0 bridgehead atoms. The zero-order chi connectivity index (χ0) is 16.1. The van der Waals surface area contributed by atoms with Gasteiger partial charge in [0.2, 0.25) is 0 Å². The van der Waals surface area contributed by atoms with E-state index in [-0.39, 0.29) is 12.4 Å². The van der Waals surface area contributed by atoms with Gasteiger partial charge in [-0.3, -0.25) is 0 Å². The van der Waals surface area contributed by atoms with Crippen molar-refractivity contribution in [1.82, 2.24) is 0 Å². The normalized spacial score (nSPS) is 28.5. The van der Waals surface area contributed by atoms with Gasteiger partial charge in [0, 0.05) is 18.4 Å². The van der Waals surface area contributed by atoms with Gasteiger partial charge in [0.15, 0.2) is 0 Å². The maximum Gasteiger partial charge on any atom is 0.0779 e. The van der Waals surface area contributed by atoms with Crippen LogP contribution in [-0.2, 0) is 10.2 Å². The number of ether oxygens (including phenoxy) is 1. The lowest BCUT2D eigenvalue weighted by molar-refractivity contribution is -0.905. The van der Waals surface area contributed by atoms with Crippen LogP contribution in [-0.4, -0.2) is 32.3 Å². The van der Waals surface area contributed by atoms with Crippen molar-refractivity contribution < 1.29 is 22.0 Å². The lowest BCUT2D eigenvalue weighted by Gasteiger charge is -2.43. The molecule has 3 rings (SSSR count). The van der Waals surface area contributed by atoms with Crippen molar-refractivity contribution in [2.75, 3.05) is 26.2 Å². The molecule has 2 aliphatic rings. The lowest BCUT2D eigenvalue weighted by Crippen LogP contribution is -3.13. The molecule has 2 atom stereocenters. The molecule has 136 valence electrons. The summed E-state index contributed by atoms with van der Waals surface area (Å²) in [6.07, 6.45) is 8.40. The van der Waals surface area contributed by atoms with Gasteiger partial charge in [-0.25, -0.2) is 0 Å². The highest BCUT2D eigenvalue weighted by molar-refractivity contribution is 5.26. The Morgan fingerprint density at radius 1 is 1.12 bits per heavy atom. The third kappa shape index (κ3) is 4.74. The summed E-state index contributed by atoms with van der Waals surface area (Å²) in [7, 11) is 0. The molecule has 2 aliphatic heterocycles. The van der Waals surface area contributed by atoms with Crippen LogP contribution in [0, 0.1) is 5.92 Å². The first kappa shape index (κ1) is 19.8. The topological polar surface area (TPSA) is 13.7 Å². The minimum atomic E-state index is 0. The van der Waals surface area contributed by atoms with Gasteiger partial charge in [0.1, 0.15) is 0 Å². The number of nitrogens with one attached hydrogen (secondary N) is 1. The monoisotopic (exact) mass is 351 g/mol. The summed E-state index contributed by atoms with van der Waals surface area (Å²) >= 11 is 0. The maximum absolute atomic E-state index is 6.10. The van der Waals surface area contributed by atoms with Gasteiger partial charge in [0.25, 0.3) is 0 Å². The van der Waals surface area contributed by atoms with E-state index in [9.17, 15) is 0 Å². The van der Waals surface area contributed by atoms with Gasteiger partial charge >= 0.3 is 0 Å². The molecule has 0 aliphatic carbocycles. The molecule has 0 saturated carbocycles. The summed E-state index contributed by atoms with van der Waals surface area (Å²) in [5.41, 5.74) is 1.88. The summed E-state index contributed by atoms with van der Waals surface area (Å²) in [5, 5.41) is 0. The van der Waals surface area contributed by atoms with Gasteiger partial charge in [-0.05, 0) is 43.6 Å². The first-order chi connectivity index (χ1) is 11.2. The average molecular weight is 352 g/mol. The standard InChI is InChI=1S/C21H33NO.ClH/c1-18(2)20-17-21(12-16-23-20,19-9-5-3-6-10-19)11-15-22-13-7-4-8-14-22;/h3,5-6,9-10,18,20H,4,7-8,11-17H2,1-2H3;1H. The molecule has 0 amide bonds. The van der Waals surface area contributed by atoms with Crippen LogP contribution in [0.5, 0.6) is 0 Å². The number of hydrogen-bond donors (Lipinski definition) is 1. The first-order valence-corrected chi connectivity index (χ1v) is 9.70. The largest absolute Gasteiger partial charge is 1.00 e. The molecule has 0 aromatic heterocycles. The maximum atomic E-state index is 6.10. The average Bonchev–Trinajstić information content (AvgIpc) is 2.62. The summed E-state index contributed by atoms with van der Waals surface area (Å²) < 4.78 is 6.10. The Bertz CT molecular complexity index is 472. The molecule has 3 heteroatoms. The van der Waals surface area contributed by atoms with Crippen molar-refractivity contribution >= 4 is 0 Å². The molecule has 1 aromatic carbocycles. The number of piperidine rings is 1. The van der Waals surface area contributed by atoms with Crippen LogP contribution in [0.1, 0.15) is 57.9 Å². The van der Waals surface area contributed by atoms with Crippen LogP contribution < -0.4 is 17.3 Å². The van der Waals surface area contributed by atoms with E-state index in [4.69, 9.17) is 4.74 Å². The fourth-order valence-corrected chi connectivity index (χ4v) is 4.52. The van der Waals surface area contributed by atoms with E-state index < -0.39 is 0 Å². The van der Waals surface area contributed by atoms with E-state index in [0.29, 0.717) is 17.4 Å². The minimum Gasteiger partial charge on any atom is -1.00 e. The highest BCUT2D eigenvalue weighted by atomic mass is 35.5. The van der Waals surface area contributed by atoms with Crippen LogP contribution in [0.3, 0.4) is 0 Å². The Labute approximate surface area is 154 Å². The fraction of sp³-hybridized carbons (Fsp3) is 0.714. The van der Waals surface area contributed by atoms with Crippen LogP contribution in [0.4, 0.5) is 0 Å². The van der Waals surface area contributed by atoms with Crippen molar-refractivity contribution in [2.24, 2.45) is 5.92 Å². The highest BCUT2D eigenvalue weighted by Crippen LogP contribution is 2.41. The van der Waals surface area contributed by atoms with Crippen molar-refractivity contribution in [3.8, 4) is 0 Å². The molecule has 1 aromatic rings. The number of likely N-dealkylation sites (tertiary alicyclic amines) is 1. The summed E-state index contributed by atoms with van der Waals surface area (Å²) in [6.45, 7) is 9.64. The molecular weight excluding hydrogens is 318 g/mol. The van der Waals surface area contributed by atoms with Crippen LogP contribution in [0.25, 0.3) is 0 Å². The predicted molar refractivity (Wildman–Crippen MR) is 96.0 cm³/mol. The summed E-state index contributed by atoms with van der Waals surface area (Å²) in [6, 6.07) is 11.3. The fourth-order valence-electron chi connectivity index (χ4n) is 4.52. The van der Waals surface area contributed by atoms with Crippen LogP contribution >= 0.6 is 0 Å². The summed E-state index contributed by atoms with van der Waals surface area (Å²) in [4.78, 5) is 1.83. The summed E-state index contributed by atoms with van der Waals surface area (Å²) in [5.74, 6) is 0.612. The molecule has 2 saturated heterocycles. The van der Waals surface area contributed by atoms with Gasteiger partial charge in [-0.15, -0.1) is 0 Å². The van der Waals surface area contributed by atoms with E-state index in [0.717, 1.165) is 6.61 Å². The molecular formula is C21H34ClNO. The number of rotatable bonds is 5. The third-order valence-corrected chi connectivity index (χ3v) is 6.15. The number of halogens is 1. The predicted octanol–water partition coefficient (Wildman–Crippen LogP) is 0.222. The first-order valence-electron chi connectivity index (χ1n) is 9.70. The van der Waals surface area contributed by atoms with Crippen molar-refractivity contribution in [3.63, 3.8) is 0 Å². The SMILES string of the molecule is CC(C)C1CC(CC[NH+]2CCCCC2)(c2ccccc2)CCO1.[Cl-]. The molecule has 0 radical (unpaired) electrons. The zero-order valence-corrected chi connectivity index (χ0v) is 16.2. The van der Waals surface area contributed by atoms with Crippen LogP contribution in [0.15, 0.2) is 30.3 Å². The molecule has 2 nitrogen and oxygen atoms in total. The van der Waals surface area contributed by atoms with Crippen molar-refractivity contribution in [3.05, 3.63) is 35.9 Å². The number of quaternary nitrogens is 1. The van der Waals surface area contributed by atoms with Gasteiger partial charge < -0.3 is 22.0 Å². The Balaban J connectivity index is 0.00000208. The zero-order valence-electron chi connectivity index (χ0n) is 15.4. The lowest BCUT2D eigenvalue weighted by atomic mass is 9.68. The second kappa shape index (κ2) is 9.22. The molecule has 2 heterocycles. The Hall–Kier alpha value is -0.570. The van der Waals surface area contributed by atoms with E-state index >= 15 is 0 Å². The second-order valence-electron chi connectivity index (χ2n) is 8.06. The highest BCUT2D eigenvalue weighted by Gasteiger charge is 2.40. The van der Waals surface area contributed by atoms with E-state index in [1.807, 2.05) is 4.90 Å². The molecule has 0 spiro atoms. The Morgan fingerprint density at radius 2 is 1.83 bits per heavy atom. The molecule has 1 N–H and O–H groups in total. The Kier molecular flexibility index (Phi) is 7.59. The quantitative estimate of drug-likeness (QED) is 0.801. The van der Waals surface area contributed by atoms with Crippen LogP contribution in [0.2, 0.25) is 0 Å². The smallest absolute Gasteiger partial charge is 0.0779 e. The second-order valence-corrected chi connectivity index (χ2v) is 8.06. The van der Waals surface area contributed by atoms with E-state index in [2.05, 4.69) is 44.2 Å². The number of hydrogen-bond acceptors (Lipinski definition) is 1. The van der Waals surface area contributed by atoms with Crippen molar-refractivity contribution in [2.45, 2.75) is 63.9 Å². The van der Waals surface area contributed by atoms with Gasteiger partial charge in [-0.2, -0.15) is 0 Å². The van der Waals surface area contributed by atoms with Gasteiger partial charge in [0.05, 0.1) is 25.7 Å². The third-order valence-electron chi connectivity index (χ3n) is 6.15. The van der Waals surface area contributed by atoms with E-state index in [1.54, 1.807) is 5.56 Å².